The van der Waals surface area contributed by atoms with E-state index in [-0.39, 0.29) is 0 Å². The number of aryl methyl sites for hydroxylation is 1. The van der Waals surface area contributed by atoms with E-state index >= 15 is 0 Å². The van der Waals surface area contributed by atoms with E-state index in [4.69, 9.17) is 4.74 Å². The maximum absolute atomic E-state index is 5.49. The highest BCUT2D eigenvalue weighted by atomic mass is 32.2. The Kier molecular flexibility index (Phi) is 7.32. The van der Waals surface area contributed by atoms with Gasteiger partial charge < -0.3 is 10.1 Å². The zero-order valence-corrected chi connectivity index (χ0v) is 12.6. The zero-order valence-electron chi connectivity index (χ0n) is 11.8. The molecular formula is C14H24N2OS. The van der Waals surface area contributed by atoms with Gasteiger partial charge >= 0.3 is 0 Å². The van der Waals surface area contributed by atoms with Crippen molar-refractivity contribution < 1.29 is 4.74 Å². The van der Waals surface area contributed by atoms with Crippen molar-refractivity contribution in [2.75, 3.05) is 19.4 Å². The van der Waals surface area contributed by atoms with Crippen molar-refractivity contribution >= 4 is 11.8 Å². The molecule has 18 heavy (non-hydrogen) atoms. The molecule has 102 valence electrons. The lowest BCUT2D eigenvalue weighted by atomic mass is 10.2. The summed E-state index contributed by atoms with van der Waals surface area (Å²) < 4.78 is 5.49. The van der Waals surface area contributed by atoms with Crippen LogP contribution in [0.1, 0.15) is 31.4 Å². The second-order valence-electron chi connectivity index (χ2n) is 4.62. The van der Waals surface area contributed by atoms with Gasteiger partial charge in [0.15, 0.2) is 0 Å². The Hall–Kier alpha value is -0.580. The molecular weight excluding hydrogens is 244 g/mol. The molecule has 4 heteroatoms. The summed E-state index contributed by atoms with van der Waals surface area (Å²) in [4.78, 5) is 4.43. The standard InChI is InChI=1S/C14H24N2OS/c1-11(2)17-7-5-6-15-9-13-8-12(3)14(18-4)16-10-13/h8,10-11,15H,5-7,9H2,1-4H3. The SMILES string of the molecule is CSc1ncc(CNCCCOC(C)C)cc1C. The molecule has 1 aromatic heterocycles. The van der Waals surface area contributed by atoms with Crippen molar-refractivity contribution in [2.24, 2.45) is 0 Å². The molecule has 0 fully saturated rings. The summed E-state index contributed by atoms with van der Waals surface area (Å²) >= 11 is 1.69. The molecule has 0 aromatic carbocycles. The summed E-state index contributed by atoms with van der Waals surface area (Å²) in [5.74, 6) is 0. The van der Waals surface area contributed by atoms with Crippen LogP contribution in [0.25, 0.3) is 0 Å². The molecule has 1 aromatic rings. The van der Waals surface area contributed by atoms with Crippen LogP contribution in [0.3, 0.4) is 0 Å². The van der Waals surface area contributed by atoms with Gasteiger partial charge in [0.1, 0.15) is 0 Å². The maximum Gasteiger partial charge on any atom is 0.0986 e. The number of hydrogen-bond acceptors (Lipinski definition) is 4. The quantitative estimate of drug-likeness (QED) is 0.580. The van der Waals surface area contributed by atoms with E-state index in [0.717, 1.165) is 31.1 Å². The van der Waals surface area contributed by atoms with Gasteiger partial charge in [-0.15, -0.1) is 11.8 Å². The lowest BCUT2D eigenvalue weighted by Crippen LogP contribution is -2.17. The molecule has 0 spiro atoms. The van der Waals surface area contributed by atoms with Crippen LogP contribution in [0, 0.1) is 6.92 Å². The van der Waals surface area contributed by atoms with Crippen molar-refractivity contribution in [2.45, 2.75) is 44.9 Å². The molecule has 0 aliphatic heterocycles. The maximum atomic E-state index is 5.49. The van der Waals surface area contributed by atoms with Gasteiger partial charge in [-0.05, 0) is 51.1 Å². The lowest BCUT2D eigenvalue weighted by Gasteiger charge is -2.09. The Bertz CT molecular complexity index is 356. The van der Waals surface area contributed by atoms with E-state index in [1.807, 2.05) is 6.20 Å². The van der Waals surface area contributed by atoms with Gasteiger partial charge in [-0.1, -0.05) is 6.07 Å². The third-order valence-corrected chi connectivity index (χ3v) is 3.37. The summed E-state index contributed by atoms with van der Waals surface area (Å²) in [6.07, 6.45) is 5.39. The van der Waals surface area contributed by atoms with E-state index in [1.165, 1.54) is 11.1 Å². The summed E-state index contributed by atoms with van der Waals surface area (Å²) in [7, 11) is 0. The molecule has 0 aliphatic carbocycles. The van der Waals surface area contributed by atoms with Crippen molar-refractivity contribution in [3.63, 3.8) is 0 Å². The smallest absolute Gasteiger partial charge is 0.0986 e. The Balaban J connectivity index is 2.21. The fraction of sp³-hybridized carbons (Fsp3) is 0.643. The molecule has 0 saturated carbocycles. The van der Waals surface area contributed by atoms with E-state index < -0.39 is 0 Å². The average Bonchev–Trinajstić information content (AvgIpc) is 2.33. The van der Waals surface area contributed by atoms with Crippen LogP contribution in [0.2, 0.25) is 0 Å². The van der Waals surface area contributed by atoms with Crippen LogP contribution < -0.4 is 5.32 Å². The molecule has 1 rings (SSSR count). The fourth-order valence-electron chi connectivity index (χ4n) is 1.68. The van der Waals surface area contributed by atoms with Gasteiger partial charge in [0.05, 0.1) is 11.1 Å². The molecule has 0 aliphatic rings. The van der Waals surface area contributed by atoms with Gasteiger partial charge in [-0.2, -0.15) is 0 Å². The van der Waals surface area contributed by atoms with Gasteiger partial charge in [-0.25, -0.2) is 4.98 Å². The molecule has 0 atom stereocenters. The molecule has 1 N–H and O–H groups in total. The number of hydrogen-bond donors (Lipinski definition) is 1. The van der Waals surface area contributed by atoms with Crippen LogP contribution >= 0.6 is 11.8 Å². The molecule has 0 bridgehead atoms. The second-order valence-corrected chi connectivity index (χ2v) is 5.41. The average molecular weight is 268 g/mol. The molecule has 1 heterocycles. The number of rotatable bonds is 8. The molecule has 0 unspecified atom stereocenters. The zero-order chi connectivity index (χ0) is 13.4. The van der Waals surface area contributed by atoms with E-state index in [0.29, 0.717) is 6.10 Å². The van der Waals surface area contributed by atoms with Gasteiger partial charge in [0.25, 0.3) is 0 Å². The van der Waals surface area contributed by atoms with E-state index in [9.17, 15) is 0 Å². The van der Waals surface area contributed by atoms with Gasteiger partial charge in [0, 0.05) is 19.3 Å². The number of pyridine rings is 1. The van der Waals surface area contributed by atoms with Crippen LogP contribution in [-0.4, -0.2) is 30.5 Å². The summed E-state index contributed by atoms with van der Waals surface area (Å²) in [6.45, 7) is 8.93. The van der Waals surface area contributed by atoms with Crippen LogP contribution in [0.4, 0.5) is 0 Å². The normalized spacial score (nSPS) is 11.2. The van der Waals surface area contributed by atoms with E-state index in [2.05, 4.69) is 43.4 Å². The first-order chi connectivity index (χ1) is 8.63. The first-order valence-electron chi connectivity index (χ1n) is 6.45. The van der Waals surface area contributed by atoms with Crippen molar-refractivity contribution in [3.05, 3.63) is 23.4 Å². The first-order valence-corrected chi connectivity index (χ1v) is 7.67. The number of thioether (sulfide) groups is 1. The van der Waals surface area contributed by atoms with Crippen molar-refractivity contribution in [1.82, 2.24) is 10.3 Å². The Morgan fingerprint density at radius 1 is 1.44 bits per heavy atom. The number of aromatic nitrogens is 1. The molecule has 3 nitrogen and oxygen atoms in total. The van der Waals surface area contributed by atoms with Gasteiger partial charge in [-0.3, -0.25) is 0 Å². The minimum atomic E-state index is 0.330. The minimum Gasteiger partial charge on any atom is -0.379 e. The fourth-order valence-corrected chi connectivity index (χ4v) is 2.22. The monoisotopic (exact) mass is 268 g/mol. The predicted octanol–water partition coefficient (Wildman–Crippen LogP) is 3.02. The summed E-state index contributed by atoms with van der Waals surface area (Å²) in [6, 6.07) is 2.20. The van der Waals surface area contributed by atoms with Crippen LogP contribution in [0.15, 0.2) is 17.3 Å². The Morgan fingerprint density at radius 2 is 2.22 bits per heavy atom. The third-order valence-electron chi connectivity index (χ3n) is 2.56. The number of ether oxygens (including phenoxy) is 1. The van der Waals surface area contributed by atoms with Gasteiger partial charge in [0.2, 0.25) is 0 Å². The van der Waals surface area contributed by atoms with Crippen LogP contribution in [0.5, 0.6) is 0 Å². The summed E-state index contributed by atoms with van der Waals surface area (Å²) in [5, 5.41) is 4.53. The first kappa shape index (κ1) is 15.5. The summed E-state index contributed by atoms with van der Waals surface area (Å²) in [5.41, 5.74) is 2.50. The van der Waals surface area contributed by atoms with E-state index in [1.54, 1.807) is 11.8 Å². The molecule has 0 amide bonds. The number of nitrogens with one attached hydrogen (secondary N) is 1. The topological polar surface area (TPSA) is 34.2 Å². The van der Waals surface area contributed by atoms with Crippen LogP contribution in [-0.2, 0) is 11.3 Å². The molecule has 0 saturated heterocycles. The number of nitrogens with zero attached hydrogens (tertiary/aromatic N) is 1. The highest BCUT2D eigenvalue weighted by molar-refractivity contribution is 7.98. The van der Waals surface area contributed by atoms with Crippen molar-refractivity contribution in [3.8, 4) is 0 Å². The highest BCUT2D eigenvalue weighted by Gasteiger charge is 2.00. The minimum absolute atomic E-state index is 0.330. The Labute approximate surface area is 115 Å². The van der Waals surface area contributed by atoms with Crippen molar-refractivity contribution in [1.29, 1.82) is 0 Å². The second kappa shape index (κ2) is 8.51. The largest absolute Gasteiger partial charge is 0.379 e. The predicted molar refractivity (Wildman–Crippen MR) is 78.2 cm³/mol. The highest BCUT2D eigenvalue weighted by Crippen LogP contribution is 2.17. The lowest BCUT2D eigenvalue weighted by molar-refractivity contribution is 0.0770. The molecule has 0 radical (unpaired) electrons. The third kappa shape index (κ3) is 5.85. The Morgan fingerprint density at radius 3 is 2.83 bits per heavy atom.